The Morgan fingerprint density at radius 2 is 2.08 bits per heavy atom. The number of nitro groups is 1. The van der Waals surface area contributed by atoms with Crippen molar-refractivity contribution in [2.75, 3.05) is 31.1 Å². The van der Waals surface area contributed by atoms with Gasteiger partial charge in [-0.25, -0.2) is 0 Å². The fourth-order valence-corrected chi connectivity index (χ4v) is 3.57. The maximum Gasteiger partial charge on any atom is 0.293 e. The summed E-state index contributed by atoms with van der Waals surface area (Å²) in [6.45, 7) is 5.57. The summed E-state index contributed by atoms with van der Waals surface area (Å²) in [6, 6.07) is 4.93. The van der Waals surface area contributed by atoms with E-state index in [1.54, 1.807) is 12.1 Å². The molecule has 0 radical (unpaired) electrons. The van der Waals surface area contributed by atoms with Crippen LogP contribution in [0.25, 0.3) is 0 Å². The highest BCUT2D eigenvalue weighted by Gasteiger charge is 2.25. The lowest BCUT2D eigenvalue weighted by Gasteiger charge is -2.31. The minimum Gasteiger partial charge on any atom is -0.366 e. The second-order valence-electron chi connectivity index (χ2n) is 7.15. The second kappa shape index (κ2) is 7.82. The molecular formula is C18H26N4O3. The number of anilines is 1. The molecule has 1 amide bonds. The molecule has 0 bridgehead atoms. The van der Waals surface area contributed by atoms with Crippen LogP contribution in [0.15, 0.2) is 18.2 Å². The molecule has 1 unspecified atom stereocenters. The first-order valence-corrected chi connectivity index (χ1v) is 9.09. The molecule has 0 spiro atoms. The van der Waals surface area contributed by atoms with Crippen molar-refractivity contribution in [3.05, 3.63) is 33.9 Å². The summed E-state index contributed by atoms with van der Waals surface area (Å²) in [6.07, 6.45) is 4.03. The number of carbonyl (C=O) groups excluding carboxylic acids is 1. The van der Waals surface area contributed by atoms with Gasteiger partial charge in [0.2, 0.25) is 0 Å². The third-order valence-electron chi connectivity index (χ3n) is 5.19. The Kier molecular flexibility index (Phi) is 5.53. The zero-order valence-electron chi connectivity index (χ0n) is 14.7. The quantitative estimate of drug-likeness (QED) is 0.645. The van der Waals surface area contributed by atoms with Crippen molar-refractivity contribution in [1.82, 2.24) is 10.6 Å². The molecule has 2 saturated heterocycles. The molecule has 0 aliphatic carbocycles. The van der Waals surface area contributed by atoms with Gasteiger partial charge in [-0.15, -0.1) is 0 Å². The van der Waals surface area contributed by atoms with Crippen LogP contribution in [-0.2, 0) is 0 Å². The highest BCUT2D eigenvalue weighted by molar-refractivity contribution is 5.96. The van der Waals surface area contributed by atoms with Gasteiger partial charge in [0.15, 0.2) is 0 Å². The SMILES string of the molecule is CC1CCN(c2ccc(C(=O)NC3CCCNC3)cc2[N+](=O)[O-])CC1. The van der Waals surface area contributed by atoms with Crippen LogP contribution in [0.1, 0.15) is 43.0 Å². The summed E-state index contributed by atoms with van der Waals surface area (Å²) in [5, 5.41) is 17.7. The van der Waals surface area contributed by atoms with Crippen LogP contribution in [-0.4, -0.2) is 43.1 Å². The predicted octanol–water partition coefficient (Wildman–Crippen LogP) is 2.31. The Labute approximate surface area is 147 Å². The Morgan fingerprint density at radius 1 is 1.32 bits per heavy atom. The van der Waals surface area contributed by atoms with Gasteiger partial charge in [-0.3, -0.25) is 14.9 Å². The number of carbonyl (C=O) groups is 1. The van der Waals surface area contributed by atoms with Gasteiger partial charge in [-0.05, 0) is 50.3 Å². The lowest BCUT2D eigenvalue weighted by atomic mass is 9.98. The highest BCUT2D eigenvalue weighted by atomic mass is 16.6. The van der Waals surface area contributed by atoms with Crippen molar-refractivity contribution < 1.29 is 9.72 Å². The average Bonchev–Trinajstić information content (AvgIpc) is 2.62. The van der Waals surface area contributed by atoms with Crippen molar-refractivity contribution in [2.45, 2.75) is 38.6 Å². The van der Waals surface area contributed by atoms with E-state index in [2.05, 4.69) is 22.5 Å². The minimum absolute atomic E-state index is 0.0176. The third kappa shape index (κ3) is 4.28. The lowest BCUT2D eigenvalue weighted by molar-refractivity contribution is -0.384. The van der Waals surface area contributed by atoms with Gasteiger partial charge in [0.05, 0.1) is 4.92 Å². The Hall–Kier alpha value is -2.15. The Morgan fingerprint density at radius 3 is 2.72 bits per heavy atom. The topological polar surface area (TPSA) is 87.5 Å². The summed E-state index contributed by atoms with van der Waals surface area (Å²) in [5.41, 5.74) is 0.989. The zero-order chi connectivity index (χ0) is 17.8. The Balaban J connectivity index is 1.76. The maximum atomic E-state index is 12.4. The number of rotatable bonds is 4. The molecule has 2 aliphatic heterocycles. The zero-order valence-corrected chi connectivity index (χ0v) is 14.7. The van der Waals surface area contributed by atoms with Crippen LogP contribution in [0.3, 0.4) is 0 Å². The minimum atomic E-state index is -0.383. The number of nitrogens with zero attached hydrogens (tertiary/aromatic N) is 2. The monoisotopic (exact) mass is 346 g/mol. The lowest BCUT2D eigenvalue weighted by Crippen LogP contribution is -2.45. The Bertz CT molecular complexity index is 635. The van der Waals surface area contributed by atoms with Gasteiger partial charge < -0.3 is 15.5 Å². The van der Waals surface area contributed by atoms with Crippen LogP contribution in [0.5, 0.6) is 0 Å². The van der Waals surface area contributed by atoms with Crippen LogP contribution >= 0.6 is 0 Å². The predicted molar refractivity (Wildman–Crippen MR) is 97.1 cm³/mol. The van der Waals surface area contributed by atoms with E-state index >= 15 is 0 Å². The average molecular weight is 346 g/mol. The molecule has 7 nitrogen and oxygen atoms in total. The molecule has 2 aliphatic rings. The first-order valence-electron chi connectivity index (χ1n) is 9.09. The standard InChI is InChI=1S/C18H26N4O3/c1-13-6-9-21(10-7-13)16-5-4-14(11-17(16)22(24)25)18(23)20-15-3-2-8-19-12-15/h4-5,11,13,15,19H,2-3,6-10,12H2,1H3,(H,20,23). The normalized spacial score (nSPS) is 21.8. The van der Waals surface area contributed by atoms with Crippen LogP contribution in [0.2, 0.25) is 0 Å². The van der Waals surface area contributed by atoms with E-state index < -0.39 is 0 Å². The van der Waals surface area contributed by atoms with Crippen molar-refractivity contribution >= 4 is 17.3 Å². The summed E-state index contributed by atoms with van der Waals surface area (Å²) in [5.74, 6) is 0.417. The van der Waals surface area contributed by atoms with Crippen LogP contribution in [0.4, 0.5) is 11.4 Å². The molecule has 2 N–H and O–H groups in total. The maximum absolute atomic E-state index is 12.4. The van der Waals surface area contributed by atoms with E-state index in [0.29, 0.717) is 17.2 Å². The number of hydrogen-bond acceptors (Lipinski definition) is 5. The number of amides is 1. The summed E-state index contributed by atoms with van der Waals surface area (Å²) in [7, 11) is 0. The van der Waals surface area contributed by atoms with Crippen molar-refractivity contribution in [3.8, 4) is 0 Å². The number of hydrogen-bond donors (Lipinski definition) is 2. The summed E-state index contributed by atoms with van der Waals surface area (Å²) in [4.78, 5) is 25.7. The van der Waals surface area contributed by atoms with Gasteiger partial charge in [-0.1, -0.05) is 6.92 Å². The fourth-order valence-electron chi connectivity index (χ4n) is 3.57. The first-order chi connectivity index (χ1) is 12.0. The van der Waals surface area contributed by atoms with Gasteiger partial charge >= 0.3 is 0 Å². The molecule has 3 rings (SSSR count). The summed E-state index contributed by atoms with van der Waals surface area (Å²) < 4.78 is 0. The number of piperidine rings is 2. The molecule has 136 valence electrons. The van der Waals surface area contributed by atoms with Gasteiger partial charge in [0.1, 0.15) is 5.69 Å². The molecule has 7 heteroatoms. The molecule has 1 aromatic rings. The molecule has 25 heavy (non-hydrogen) atoms. The fraction of sp³-hybridized carbons (Fsp3) is 0.611. The summed E-state index contributed by atoms with van der Waals surface area (Å²) >= 11 is 0. The van der Waals surface area contributed by atoms with E-state index in [9.17, 15) is 14.9 Å². The number of nitro benzene ring substituents is 1. The van der Waals surface area contributed by atoms with Crippen molar-refractivity contribution in [3.63, 3.8) is 0 Å². The van der Waals surface area contributed by atoms with Crippen LogP contribution < -0.4 is 15.5 Å². The van der Waals surface area contributed by atoms with Gasteiger partial charge in [0, 0.05) is 37.3 Å². The van der Waals surface area contributed by atoms with E-state index in [-0.39, 0.29) is 22.6 Å². The molecular weight excluding hydrogens is 320 g/mol. The van der Waals surface area contributed by atoms with E-state index in [0.717, 1.165) is 51.9 Å². The molecule has 0 aromatic heterocycles. The number of nitrogens with one attached hydrogen (secondary N) is 2. The molecule has 2 heterocycles. The largest absolute Gasteiger partial charge is 0.366 e. The van der Waals surface area contributed by atoms with E-state index in [1.807, 2.05) is 0 Å². The van der Waals surface area contributed by atoms with Gasteiger partial charge in [0.25, 0.3) is 11.6 Å². The smallest absolute Gasteiger partial charge is 0.293 e. The second-order valence-corrected chi connectivity index (χ2v) is 7.15. The van der Waals surface area contributed by atoms with Crippen molar-refractivity contribution in [1.29, 1.82) is 0 Å². The van der Waals surface area contributed by atoms with Gasteiger partial charge in [-0.2, -0.15) is 0 Å². The molecule has 1 aromatic carbocycles. The van der Waals surface area contributed by atoms with Crippen molar-refractivity contribution in [2.24, 2.45) is 5.92 Å². The first kappa shape index (κ1) is 17.7. The highest BCUT2D eigenvalue weighted by Crippen LogP contribution is 2.32. The molecule has 0 saturated carbocycles. The molecule has 1 atom stereocenters. The van der Waals surface area contributed by atoms with E-state index in [4.69, 9.17) is 0 Å². The molecule has 2 fully saturated rings. The third-order valence-corrected chi connectivity index (χ3v) is 5.19. The van der Waals surface area contributed by atoms with Crippen LogP contribution in [0, 0.1) is 16.0 Å². The van der Waals surface area contributed by atoms with E-state index in [1.165, 1.54) is 6.07 Å². The number of benzene rings is 1.